The highest BCUT2D eigenvalue weighted by atomic mass is 16.5. The van der Waals surface area contributed by atoms with Gasteiger partial charge in [0.05, 0.1) is 19.6 Å². The Morgan fingerprint density at radius 3 is 2.59 bits per heavy atom. The first-order chi connectivity index (χ1) is 17.9. The van der Waals surface area contributed by atoms with Gasteiger partial charge in [-0.15, -0.1) is 0 Å². The molecule has 204 valence electrons. The predicted octanol–water partition coefficient (Wildman–Crippen LogP) is 0.323. The standard InChI is InChI=1S/C25H38N6O6/c1-19(3-4-23(35)28-18-34)30(2)15-22-20(16-32)5-9-26-25(22)29-24(36)8-13-37-14-12-31-10-6-21(7-11-31)27-17-33/h5,9,16-19,21H,3-4,6-8,10-15H2,1-2H3,(H,27,33)(H,26,29,36)(H,28,34,35). The first-order valence-electron chi connectivity index (χ1n) is 12.5. The molecule has 12 heteroatoms. The normalized spacial score (nSPS) is 15.1. The molecule has 1 saturated heterocycles. The zero-order valence-corrected chi connectivity index (χ0v) is 21.6. The van der Waals surface area contributed by atoms with Gasteiger partial charge < -0.3 is 20.3 Å². The number of pyridine rings is 1. The highest BCUT2D eigenvalue weighted by Crippen LogP contribution is 2.20. The van der Waals surface area contributed by atoms with Crippen molar-refractivity contribution >= 4 is 36.7 Å². The minimum absolute atomic E-state index is 0.0267. The van der Waals surface area contributed by atoms with Crippen LogP contribution in [0, 0.1) is 0 Å². The molecular formula is C25H38N6O6. The highest BCUT2D eigenvalue weighted by Gasteiger charge is 2.19. The zero-order valence-electron chi connectivity index (χ0n) is 21.6. The van der Waals surface area contributed by atoms with Gasteiger partial charge in [0.25, 0.3) is 0 Å². The monoisotopic (exact) mass is 518 g/mol. The molecule has 0 spiro atoms. The Balaban J connectivity index is 1.79. The second kappa shape index (κ2) is 16.5. The zero-order chi connectivity index (χ0) is 27.0. The fourth-order valence-corrected chi connectivity index (χ4v) is 4.07. The average Bonchev–Trinajstić information content (AvgIpc) is 2.89. The number of rotatable bonds is 17. The largest absolute Gasteiger partial charge is 0.380 e. The molecule has 3 N–H and O–H groups in total. The van der Waals surface area contributed by atoms with Gasteiger partial charge in [-0.25, -0.2) is 4.98 Å². The van der Waals surface area contributed by atoms with E-state index >= 15 is 0 Å². The van der Waals surface area contributed by atoms with E-state index in [4.69, 9.17) is 4.74 Å². The lowest BCUT2D eigenvalue weighted by Gasteiger charge is -2.31. The second-order valence-corrected chi connectivity index (χ2v) is 9.14. The summed E-state index contributed by atoms with van der Waals surface area (Å²) in [4.78, 5) is 65.1. The van der Waals surface area contributed by atoms with Gasteiger partial charge in [-0.1, -0.05) is 0 Å². The van der Waals surface area contributed by atoms with E-state index in [1.54, 1.807) is 6.07 Å². The molecule has 1 aromatic heterocycles. The third-order valence-electron chi connectivity index (χ3n) is 6.56. The number of aldehydes is 1. The summed E-state index contributed by atoms with van der Waals surface area (Å²) in [5.74, 6) is -0.297. The van der Waals surface area contributed by atoms with Crippen LogP contribution < -0.4 is 16.0 Å². The average molecular weight is 519 g/mol. The van der Waals surface area contributed by atoms with Crippen LogP contribution in [0.2, 0.25) is 0 Å². The number of carbonyl (C=O) groups excluding carboxylic acids is 5. The van der Waals surface area contributed by atoms with E-state index in [2.05, 4.69) is 25.8 Å². The van der Waals surface area contributed by atoms with Gasteiger partial charge in [-0.3, -0.25) is 34.2 Å². The maximum absolute atomic E-state index is 12.5. The number of anilines is 1. The number of hydrogen-bond donors (Lipinski definition) is 3. The fraction of sp³-hybridized carbons (Fsp3) is 0.600. The number of imide groups is 1. The molecule has 1 atom stereocenters. The van der Waals surface area contributed by atoms with Crippen LogP contribution in [-0.4, -0.2) is 97.7 Å². The van der Waals surface area contributed by atoms with E-state index in [1.165, 1.54) is 6.20 Å². The number of piperidine rings is 1. The Kier molecular flexibility index (Phi) is 13.4. The van der Waals surface area contributed by atoms with Gasteiger partial charge in [0, 0.05) is 62.0 Å². The lowest BCUT2D eigenvalue weighted by molar-refractivity contribution is -0.125. The molecule has 0 bridgehead atoms. The van der Waals surface area contributed by atoms with E-state index in [0.717, 1.165) is 45.2 Å². The van der Waals surface area contributed by atoms with Crippen LogP contribution in [0.25, 0.3) is 0 Å². The van der Waals surface area contributed by atoms with Crippen molar-refractivity contribution in [3.05, 3.63) is 23.4 Å². The van der Waals surface area contributed by atoms with Crippen LogP contribution in [0.5, 0.6) is 0 Å². The summed E-state index contributed by atoms with van der Waals surface area (Å²) in [6.45, 7) is 5.61. The van der Waals surface area contributed by atoms with Crippen molar-refractivity contribution in [3.8, 4) is 0 Å². The van der Waals surface area contributed by atoms with Gasteiger partial charge in [-0.2, -0.15) is 0 Å². The number of ether oxygens (including phenoxy) is 1. The second-order valence-electron chi connectivity index (χ2n) is 9.14. The highest BCUT2D eigenvalue weighted by molar-refractivity contribution is 5.92. The molecule has 0 aromatic carbocycles. The minimum atomic E-state index is -0.350. The van der Waals surface area contributed by atoms with E-state index < -0.39 is 0 Å². The van der Waals surface area contributed by atoms with Crippen molar-refractivity contribution in [1.29, 1.82) is 0 Å². The van der Waals surface area contributed by atoms with Gasteiger partial charge >= 0.3 is 0 Å². The molecule has 0 saturated carbocycles. The number of nitrogens with one attached hydrogen (secondary N) is 3. The van der Waals surface area contributed by atoms with Gasteiger partial charge in [0.2, 0.25) is 24.6 Å². The van der Waals surface area contributed by atoms with Crippen molar-refractivity contribution in [3.63, 3.8) is 0 Å². The number of nitrogens with zero attached hydrogens (tertiary/aromatic N) is 3. The van der Waals surface area contributed by atoms with Gasteiger partial charge in [0.1, 0.15) is 5.82 Å². The predicted molar refractivity (Wildman–Crippen MR) is 137 cm³/mol. The molecule has 1 fully saturated rings. The third kappa shape index (κ3) is 10.7. The van der Waals surface area contributed by atoms with Crippen molar-refractivity contribution in [2.45, 2.75) is 57.7 Å². The van der Waals surface area contributed by atoms with Crippen molar-refractivity contribution < 1.29 is 28.7 Å². The summed E-state index contributed by atoms with van der Waals surface area (Å²) in [6.07, 6.45) is 6.00. The van der Waals surface area contributed by atoms with Crippen LogP contribution in [0.1, 0.15) is 54.9 Å². The Bertz CT molecular complexity index is 906. The molecule has 1 aromatic rings. The summed E-state index contributed by atoms with van der Waals surface area (Å²) >= 11 is 0. The molecular weight excluding hydrogens is 480 g/mol. The smallest absolute Gasteiger partial charge is 0.227 e. The molecule has 0 aliphatic carbocycles. The number of amides is 4. The first kappa shape index (κ1) is 30.0. The van der Waals surface area contributed by atoms with E-state index in [1.807, 2.05) is 18.9 Å². The van der Waals surface area contributed by atoms with E-state index in [0.29, 0.717) is 42.9 Å². The topological polar surface area (TPSA) is 150 Å². The van der Waals surface area contributed by atoms with Crippen molar-refractivity contribution in [1.82, 2.24) is 25.4 Å². The number of aromatic nitrogens is 1. The van der Waals surface area contributed by atoms with Crippen LogP contribution in [0.4, 0.5) is 5.82 Å². The maximum Gasteiger partial charge on any atom is 0.227 e. The quantitative estimate of drug-likeness (QED) is 0.196. The molecule has 2 heterocycles. The first-order valence-corrected chi connectivity index (χ1v) is 12.5. The summed E-state index contributed by atoms with van der Waals surface area (Å²) < 4.78 is 5.64. The minimum Gasteiger partial charge on any atom is -0.380 e. The van der Waals surface area contributed by atoms with Gasteiger partial charge in [0.15, 0.2) is 6.29 Å². The maximum atomic E-state index is 12.5. The van der Waals surface area contributed by atoms with E-state index in [9.17, 15) is 24.0 Å². The third-order valence-corrected chi connectivity index (χ3v) is 6.56. The number of carbonyl (C=O) groups is 5. The van der Waals surface area contributed by atoms with Crippen LogP contribution >= 0.6 is 0 Å². The molecule has 12 nitrogen and oxygen atoms in total. The molecule has 0 radical (unpaired) electrons. The number of likely N-dealkylation sites (tertiary alicyclic amines) is 1. The molecule has 1 aliphatic rings. The van der Waals surface area contributed by atoms with Crippen LogP contribution in [0.3, 0.4) is 0 Å². The Morgan fingerprint density at radius 1 is 1.16 bits per heavy atom. The lowest BCUT2D eigenvalue weighted by atomic mass is 10.1. The summed E-state index contributed by atoms with van der Waals surface area (Å²) in [6, 6.07) is 1.81. The fourth-order valence-electron chi connectivity index (χ4n) is 4.07. The summed E-state index contributed by atoms with van der Waals surface area (Å²) in [5.41, 5.74) is 1.01. The summed E-state index contributed by atoms with van der Waals surface area (Å²) in [7, 11) is 1.85. The Morgan fingerprint density at radius 2 is 1.92 bits per heavy atom. The number of hydrogen-bond acceptors (Lipinski definition) is 9. The molecule has 1 unspecified atom stereocenters. The van der Waals surface area contributed by atoms with E-state index in [-0.39, 0.29) is 43.3 Å². The lowest BCUT2D eigenvalue weighted by Crippen LogP contribution is -2.43. The van der Waals surface area contributed by atoms with Gasteiger partial charge in [-0.05, 0) is 39.3 Å². The van der Waals surface area contributed by atoms with Crippen LogP contribution in [0.15, 0.2) is 12.3 Å². The van der Waals surface area contributed by atoms with Crippen LogP contribution in [-0.2, 0) is 30.5 Å². The Hall–Kier alpha value is -3.22. The SMILES string of the molecule is CC(CCC(=O)NC=O)N(C)Cc1c(C=O)ccnc1NC(=O)CCOCCN1CCC(NC=O)CC1. The van der Waals surface area contributed by atoms with Crippen molar-refractivity contribution in [2.24, 2.45) is 0 Å². The molecule has 37 heavy (non-hydrogen) atoms. The molecule has 1 aliphatic heterocycles. The van der Waals surface area contributed by atoms with Crippen molar-refractivity contribution in [2.75, 3.05) is 45.2 Å². The Labute approximate surface area is 217 Å². The molecule has 4 amide bonds. The molecule has 2 rings (SSSR count). The summed E-state index contributed by atoms with van der Waals surface area (Å²) in [5, 5.41) is 7.73.